The van der Waals surface area contributed by atoms with Gasteiger partial charge in [-0.3, -0.25) is 4.90 Å². The van der Waals surface area contributed by atoms with Gasteiger partial charge in [-0.25, -0.2) is 0 Å². The summed E-state index contributed by atoms with van der Waals surface area (Å²) in [6, 6.07) is 0.705. The van der Waals surface area contributed by atoms with Gasteiger partial charge in [-0.1, -0.05) is 0 Å². The fourth-order valence-corrected chi connectivity index (χ4v) is 2.16. The Hall–Kier alpha value is 0.270. The van der Waals surface area contributed by atoms with Crippen molar-refractivity contribution >= 4 is 12.6 Å². The van der Waals surface area contributed by atoms with Crippen molar-refractivity contribution in [2.45, 2.75) is 26.3 Å². The van der Waals surface area contributed by atoms with Gasteiger partial charge in [0.05, 0.1) is 0 Å². The van der Waals surface area contributed by atoms with Gasteiger partial charge in [-0.15, -0.1) is 0 Å². The van der Waals surface area contributed by atoms with Gasteiger partial charge in [0.1, 0.15) is 0 Å². The molecule has 0 aromatic carbocycles. The lowest BCUT2D eigenvalue weighted by Gasteiger charge is -2.24. The molecule has 1 heterocycles. The van der Waals surface area contributed by atoms with Crippen molar-refractivity contribution in [3.05, 3.63) is 0 Å². The quantitative estimate of drug-likeness (QED) is 0.690. The van der Waals surface area contributed by atoms with Crippen LogP contribution >= 0.6 is 12.6 Å². The molecule has 0 radical (unpaired) electrons. The van der Waals surface area contributed by atoms with Crippen LogP contribution in [0.3, 0.4) is 0 Å². The Bertz CT molecular complexity index is 139. The van der Waals surface area contributed by atoms with E-state index in [4.69, 9.17) is 0 Å². The van der Waals surface area contributed by atoms with Crippen LogP contribution < -0.4 is 0 Å². The first-order valence-electron chi connectivity index (χ1n) is 5.31. The molecule has 0 saturated carbocycles. The molecule has 0 aliphatic carbocycles. The van der Waals surface area contributed by atoms with Crippen LogP contribution in [0.1, 0.15) is 20.3 Å². The first-order valence-corrected chi connectivity index (χ1v) is 5.94. The van der Waals surface area contributed by atoms with Crippen LogP contribution in [0, 0.1) is 0 Å². The van der Waals surface area contributed by atoms with Crippen molar-refractivity contribution in [1.82, 2.24) is 9.80 Å². The lowest BCUT2D eigenvalue weighted by atomic mass is 10.3. The topological polar surface area (TPSA) is 6.48 Å². The zero-order valence-corrected chi connectivity index (χ0v) is 9.76. The highest BCUT2D eigenvalue weighted by atomic mass is 32.1. The van der Waals surface area contributed by atoms with Crippen molar-refractivity contribution < 1.29 is 0 Å². The minimum Gasteiger partial charge on any atom is -0.301 e. The maximum atomic E-state index is 4.27. The lowest BCUT2D eigenvalue weighted by molar-refractivity contribution is 0.223. The second-order valence-electron chi connectivity index (χ2n) is 4.05. The van der Waals surface area contributed by atoms with Gasteiger partial charge in [0.2, 0.25) is 0 Å². The van der Waals surface area contributed by atoms with Crippen molar-refractivity contribution in [2.24, 2.45) is 0 Å². The summed E-state index contributed by atoms with van der Waals surface area (Å²) in [6.45, 7) is 10.7. The molecule has 0 aromatic rings. The van der Waals surface area contributed by atoms with Gasteiger partial charge >= 0.3 is 0 Å². The van der Waals surface area contributed by atoms with Gasteiger partial charge in [0.15, 0.2) is 0 Å². The maximum absolute atomic E-state index is 4.27. The predicted molar refractivity (Wildman–Crippen MR) is 61.6 cm³/mol. The molecule has 1 aliphatic heterocycles. The molecule has 0 bridgehead atoms. The normalized spacial score (nSPS) is 22.2. The van der Waals surface area contributed by atoms with Crippen LogP contribution in [-0.2, 0) is 0 Å². The van der Waals surface area contributed by atoms with Crippen LogP contribution in [-0.4, -0.2) is 54.3 Å². The standard InChI is InChI=1S/C10H22N2S/c1-10(2)12-5-3-4-11(6-7-12)8-9-13/h10,13H,3-9H2,1-2H3. The molecule has 0 N–H and O–H groups in total. The average Bonchev–Trinajstić information content (AvgIpc) is 2.30. The van der Waals surface area contributed by atoms with Gasteiger partial charge in [0, 0.05) is 31.4 Å². The molecule has 0 aromatic heterocycles. The Balaban J connectivity index is 2.30. The lowest BCUT2D eigenvalue weighted by Crippen LogP contribution is -2.35. The molecular weight excluding hydrogens is 180 g/mol. The molecule has 0 unspecified atom stereocenters. The molecule has 0 atom stereocenters. The summed E-state index contributed by atoms with van der Waals surface area (Å²) in [5, 5.41) is 0. The summed E-state index contributed by atoms with van der Waals surface area (Å²) in [4.78, 5) is 5.09. The van der Waals surface area contributed by atoms with Crippen LogP contribution in [0.25, 0.3) is 0 Å². The Morgan fingerprint density at radius 1 is 1.15 bits per heavy atom. The number of hydrogen-bond acceptors (Lipinski definition) is 3. The van der Waals surface area contributed by atoms with E-state index in [1.807, 2.05) is 0 Å². The summed E-state index contributed by atoms with van der Waals surface area (Å²) in [6.07, 6.45) is 1.31. The summed E-state index contributed by atoms with van der Waals surface area (Å²) < 4.78 is 0. The van der Waals surface area contributed by atoms with E-state index in [-0.39, 0.29) is 0 Å². The van der Waals surface area contributed by atoms with Crippen molar-refractivity contribution in [3.8, 4) is 0 Å². The van der Waals surface area contributed by atoms with Crippen molar-refractivity contribution in [2.75, 3.05) is 38.5 Å². The van der Waals surface area contributed by atoms with Gasteiger partial charge in [-0.05, 0) is 33.4 Å². The molecule has 3 heteroatoms. The molecular formula is C10H22N2S. The molecule has 2 nitrogen and oxygen atoms in total. The highest BCUT2D eigenvalue weighted by Crippen LogP contribution is 2.06. The van der Waals surface area contributed by atoms with E-state index in [1.54, 1.807) is 0 Å². The van der Waals surface area contributed by atoms with E-state index >= 15 is 0 Å². The zero-order chi connectivity index (χ0) is 9.68. The van der Waals surface area contributed by atoms with E-state index in [0.717, 1.165) is 12.3 Å². The van der Waals surface area contributed by atoms with Crippen molar-refractivity contribution in [3.63, 3.8) is 0 Å². The first-order chi connectivity index (χ1) is 6.24. The summed E-state index contributed by atoms with van der Waals surface area (Å²) in [7, 11) is 0. The smallest absolute Gasteiger partial charge is 0.0112 e. The fourth-order valence-electron chi connectivity index (χ4n) is 1.87. The Morgan fingerprint density at radius 3 is 2.54 bits per heavy atom. The second kappa shape index (κ2) is 5.89. The summed E-state index contributed by atoms with van der Waals surface area (Å²) in [5.74, 6) is 0.988. The molecule has 1 aliphatic rings. The number of hydrogen-bond donors (Lipinski definition) is 1. The average molecular weight is 202 g/mol. The fraction of sp³-hybridized carbons (Fsp3) is 1.00. The second-order valence-corrected chi connectivity index (χ2v) is 4.50. The van der Waals surface area contributed by atoms with Gasteiger partial charge in [0.25, 0.3) is 0 Å². The van der Waals surface area contributed by atoms with Crippen LogP contribution in [0.15, 0.2) is 0 Å². The van der Waals surface area contributed by atoms with Crippen LogP contribution in [0.2, 0.25) is 0 Å². The Morgan fingerprint density at radius 2 is 1.92 bits per heavy atom. The Kier molecular flexibility index (Phi) is 5.14. The molecule has 1 fully saturated rings. The largest absolute Gasteiger partial charge is 0.301 e. The van der Waals surface area contributed by atoms with E-state index in [0.29, 0.717) is 6.04 Å². The number of nitrogens with zero attached hydrogens (tertiary/aromatic N) is 2. The molecule has 1 saturated heterocycles. The monoisotopic (exact) mass is 202 g/mol. The predicted octanol–water partition coefficient (Wildman–Crippen LogP) is 1.33. The highest BCUT2D eigenvalue weighted by molar-refractivity contribution is 7.80. The number of rotatable bonds is 3. The highest BCUT2D eigenvalue weighted by Gasteiger charge is 2.15. The van der Waals surface area contributed by atoms with Crippen LogP contribution in [0.4, 0.5) is 0 Å². The molecule has 78 valence electrons. The third-order valence-electron chi connectivity index (χ3n) is 2.77. The summed E-state index contributed by atoms with van der Waals surface area (Å²) in [5.41, 5.74) is 0. The first kappa shape index (κ1) is 11.3. The van der Waals surface area contributed by atoms with E-state index in [1.165, 1.54) is 32.6 Å². The zero-order valence-electron chi connectivity index (χ0n) is 8.87. The molecule has 0 spiro atoms. The molecule has 13 heavy (non-hydrogen) atoms. The Labute approximate surface area is 87.7 Å². The van der Waals surface area contributed by atoms with Crippen LogP contribution in [0.5, 0.6) is 0 Å². The van der Waals surface area contributed by atoms with E-state index in [2.05, 4.69) is 36.3 Å². The van der Waals surface area contributed by atoms with Crippen molar-refractivity contribution in [1.29, 1.82) is 0 Å². The van der Waals surface area contributed by atoms with E-state index < -0.39 is 0 Å². The third kappa shape index (κ3) is 3.88. The minimum absolute atomic E-state index is 0.705. The van der Waals surface area contributed by atoms with E-state index in [9.17, 15) is 0 Å². The molecule has 0 amide bonds. The SMILES string of the molecule is CC(C)N1CCCN(CCS)CC1. The minimum atomic E-state index is 0.705. The summed E-state index contributed by atoms with van der Waals surface area (Å²) >= 11 is 4.27. The third-order valence-corrected chi connectivity index (χ3v) is 2.97. The molecule has 1 rings (SSSR count). The van der Waals surface area contributed by atoms with Gasteiger partial charge < -0.3 is 4.90 Å². The number of thiol groups is 1. The van der Waals surface area contributed by atoms with Gasteiger partial charge in [-0.2, -0.15) is 12.6 Å². The maximum Gasteiger partial charge on any atom is 0.0112 e.